The molecule has 1 unspecified atom stereocenters. The lowest BCUT2D eigenvalue weighted by Crippen LogP contribution is -1.92. The van der Waals surface area contributed by atoms with Crippen molar-refractivity contribution in [2.24, 2.45) is 0 Å². The first-order valence-corrected chi connectivity index (χ1v) is 3.42. The zero-order chi connectivity index (χ0) is 5.82. The third kappa shape index (κ3) is 1.29. The molecule has 0 aliphatic carbocycles. The van der Waals surface area contributed by atoms with E-state index in [4.69, 9.17) is 14.5 Å². The Bertz CT molecular complexity index is 115. The minimum absolute atomic E-state index is 0.571. The van der Waals surface area contributed by atoms with Crippen molar-refractivity contribution < 1.29 is 9.05 Å². The van der Waals surface area contributed by atoms with Gasteiger partial charge < -0.3 is 14.5 Å². The maximum absolute atomic E-state index is 6.72. The molecular weight excluding hydrogens is 125 g/mol. The predicted octanol–water partition coefficient (Wildman–Crippen LogP) is 1.47. The van der Waals surface area contributed by atoms with E-state index in [1.165, 1.54) is 5.96 Å². The summed E-state index contributed by atoms with van der Waals surface area (Å²) in [6.45, 7) is 0.571. The zero-order valence-corrected chi connectivity index (χ0v) is 5.10. The smallest absolute Gasteiger partial charge is 0.275 e. The summed E-state index contributed by atoms with van der Waals surface area (Å²) < 4.78 is 9.79. The molecule has 0 aromatic heterocycles. The highest BCUT2D eigenvalue weighted by atomic mass is 31.2. The van der Waals surface area contributed by atoms with Gasteiger partial charge in [-0.2, -0.15) is 0 Å². The summed E-state index contributed by atoms with van der Waals surface area (Å²) in [5.74, 6) is 1.18. The van der Waals surface area contributed by atoms with Crippen molar-refractivity contribution >= 4 is 14.3 Å². The summed E-state index contributed by atoms with van der Waals surface area (Å²) in [7, 11) is -1.01. The van der Waals surface area contributed by atoms with Crippen LogP contribution in [-0.4, -0.2) is 12.6 Å². The van der Waals surface area contributed by atoms with Gasteiger partial charge in [-0.3, -0.25) is 0 Å². The molecular formula is C4H6NO2P. The van der Waals surface area contributed by atoms with Crippen LogP contribution in [0.2, 0.25) is 0 Å². The Balaban J connectivity index is 2.37. The van der Waals surface area contributed by atoms with Crippen LogP contribution in [0.4, 0.5) is 0 Å². The molecule has 0 spiro atoms. The van der Waals surface area contributed by atoms with Crippen LogP contribution < -0.4 is 0 Å². The highest BCUT2D eigenvalue weighted by Gasteiger charge is 2.06. The van der Waals surface area contributed by atoms with E-state index in [1.807, 2.05) is 0 Å². The molecule has 0 saturated heterocycles. The van der Waals surface area contributed by atoms with Crippen molar-refractivity contribution in [1.82, 2.24) is 0 Å². The van der Waals surface area contributed by atoms with Crippen LogP contribution in [0, 0.1) is 5.41 Å². The Morgan fingerprint density at radius 3 is 3.00 bits per heavy atom. The van der Waals surface area contributed by atoms with Crippen LogP contribution in [0.3, 0.4) is 0 Å². The van der Waals surface area contributed by atoms with Gasteiger partial charge in [-0.25, -0.2) is 0 Å². The van der Waals surface area contributed by atoms with E-state index in [-0.39, 0.29) is 0 Å². The molecule has 4 heteroatoms. The molecule has 44 valence electrons. The highest BCUT2D eigenvalue weighted by Crippen LogP contribution is 2.36. The van der Waals surface area contributed by atoms with Crippen molar-refractivity contribution in [2.75, 3.05) is 6.61 Å². The third-order valence-electron chi connectivity index (χ3n) is 0.664. The molecule has 0 aromatic rings. The maximum Gasteiger partial charge on any atom is 0.275 e. The third-order valence-corrected chi connectivity index (χ3v) is 1.61. The number of nitrogens with one attached hydrogen (secondary N) is 1. The minimum atomic E-state index is -1.01. The first-order chi connectivity index (χ1) is 3.93. The van der Waals surface area contributed by atoms with E-state index in [1.54, 1.807) is 12.3 Å². The second-order valence-corrected chi connectivity index (χ2v) is 2.49. The lowest BCUT2D eigenvalue weighted by Gasteiger charge is -2.12. The van der Waals surface area contributed by atoms with Gasteiger partial charge in [0.25, 0.3) is 8.38 Å². The summed E-state index contributed by atoms with van der Waals surface area (Å²) in [5, 5.41) is 6.72. The average Bonchev–Trinajstić information content (AvgIpc) is 1.90. The van der Waals surface area contributed by atoms with Crippen molar-refractivity contribution in [2.45, 2.75) is 0 Å². The standard InChI is InChI=1S/C4H6NO2P/c5-4-8-6-2-1-3-7-8/h1-2,4-5H,3H2. The molecule has 0 fully saturated rings. The average molecular weight is 131 g/mol. The van der Waals surface area contributed by atoms with Gasteiger partial charge in [-0.15, -0.1) is 0 Å². The summed E-state index contributed by atoms with van der Waals surface area (Å²) in [5.41, 5.74) is 0. The summed E-state index contributed by atoms with van der Waals surface area (Å²) in [6.07, 6.45) is 3.34. The van der Waals surface area contributed by atoms with Gasteiger partial charge in [0, 0.05) is 0 Å². The minimum Gasteiger partial charge on any atom is -0.451 e. The molecule has 0 amide bonds. The monoisotopic (exact) mass is 131 g/mol. The van der Waals surface area contributed by atoms with E-state index in [9.17, 15) is 0 Å². The predicted molar refractivity (Wildman–Crippen MR) is 31.9 cm³/mol. The molecule has 0 aromatic carbocycles. The Hall–Kier alpha value is -0.400. The van der Waals surface area contributed by atoms with Crippen LogP contribution in [0.5, 0.6) is 0 Å². The largest absolute Gasteiger partial charge is 0.451 e. The topological polar surface area (TPSA) is 42.3 Å². The molecule has 0 bridgehead atoms. The molecule has 1 aliphatic heterocycles. The Kier molecular flexibility index (Phi) is 2.00. The molecule has 1 aliphatic rings. The molecule has 8 heavy (non-hydrogen) atoms. The fraction of sp³-hybridized carbons (Fsp3) is 0.250. The first kappa shape index (κ1) is 5.73. The van der Waals surface area contributed by atoms with Gasteiger partial charge in [0.15, 0.2) is 0 Å². The van der Waals surface area contributed by atoms with E-state index in [0.717, 1.165) is 0 Å². The van der Waals surface area contributed by atoms with Crippen molar-refractivity contribution in [1.29, 1.82) is 5.41 Å². The summed E-state index contributed by atoms with van der Waals surface area (Å²) in [6, 6.07) is 0. The Morgan fingerprint density at radius 2 is 2.62 bits per heavy atom. The zero-order valence-electron chi connectivity index (χ0n) is 4.20. The van der Waals surface area contributed by atoms with Crippen LogP contribution in [0.15, 0.2) is 12.3 Å². The van der Waals surface area contributed by atoms with Gasteiger partial charge in [0.2, 0.25) is 0 Å². The molecule has 1 heterocycles. The van der Waals surface area contributed by atoms with Gasteiger partial charge in [-0.05, 0) is 6.08 Å². The fourth-order valence-corrected chi connectivity index (χ4v) is 0.992. The van der Waals surface area contributed by atoms with E-state index >= 15 is 0 Å². The lowest BCUT2D eigenvalue weighted by atomic mass is 10.7. The number of hydrogen-bond donors (Lipinski definition) is 1. The molecule has 1 atom stereocenters. The van der Waals surface area contributed by atoms with Crippen LogP contribution >= 0.6 is 8.38 Å². The van der Waals surface area contributed by atoms with Crippen molar-refractivity contribution in [3.63, 3.8) is 0 Å². The number of rotatable bonds is 1. The second-order valence-electron chi connectivity index (χ2n) is 1.19. The van der Waals surface area contributed by atoms with E-state index in [0.29, 0.717) is 6.61 Å². The van der Waals surface area contributed by atoms with Crippen molar-refractivity contribution in [3.8, 4) is 0 Å². The second kappa shape index (κ2) is 2.80. The molecule has 1 rings (SSSR count). The van der Waals surface area contributed by atoms with E-state index in [2.05, 4.69) is 0 Å². The Morgan fingerprint density at radius 1 is 1.75 bits per heavy atom. The molecule has 3 nitrogen and oxygen atoms in total. The normalized spacial score (nSPS) is 26.8. The molecule has 0 saturated carbocycles. The lowest BCUT2D eigenvalue weighted by molar-refractivity contribution is 0.321. The summed E-state index contributed by atoms with van der Waals surface area (Å²) in [4.78, 5) is 0. The maximum atomic E-state index is 6.72. The molecule has 0 radical (unpaired) electrons. The van der Waals surface area contributed by atoms with Gasteiger partial charge >= 0.3 is 0 Å². The number of hydrogen-bond acceptors (Lipinski definition) is 3. The van der Waals surface area contributed by atoms with Gasteiger partial charge in [0.1, 0.15) is 0 Å². The van der Waals surface area contributed by atoms with Crippen molar-refractivity contribution in [3.05, 3.63) is 12.3 Å². The molecule has 1 N–H and O–H groups in total. The van der Waals surface area contributed by atoms with Gasteiger partial charge in [0.05, 0.1) is 18.8 Å². The van der Waals surface area contributed by atoms with Crippen LogP contribution in [0.25, 0.3) is 0 Å². The fourth-order valence-electron chi connectivity index (χ4n) is 0.357. The van der Waals surface area contributed by atoms with Gasteiger partial charge in [-0.1, -0.05) is 0 Å². The van der Waals surface area contributed by atoms with Crippen LogP contribution in [0.1, 0.15) is 0 Å². The van der Waals surface area contributed by atoms with E-state index < -0.39 is 8.38 Å². The highest BCUT2D eigenvalue weighted by molar-refractivity contribution is 7.63. The SMILES string of the molecule is N=CP1OC=CCO1. The Labute approximate surface area is 48.7 Å². The quantitative estimate of drug-likeness (QED) is 0.432. The first-order valence-electron chi connectivity index (χ1n) is 2.18. The van der Waals surface area contributed by atoms with Crippen LogP contribution in [-0.2, 0) is 9.05 Å². The summed E-state index contributed by atoms with van der Waals surface area (Å²) >= 11 is 0.